The minimum Gasteiger partial charge on any atom is -0.296 e. The van der Waals surface area contributed by atoms with Crippen LogP contribution in [0.3, 0.4) is 0 Å². The topological polar surface area (TPSA) is 53.6 Å². The van der Waals surface area contributed by atoms with Crippen LogP contribution in [0.2, 0.25) is 0 Å². The van der Waals surface area contributed by atoms with Gasteiger partial charge in [0.15, 0.2) is 0 Å². The molecule has 0 aromatic carbocycles. The standard InChI is InChI=1S/C15H22N4/c1-12-6-9-19(18-12)10-7-13-3-2-8-15(13,11-16)17-14-4-5-14/h6,9,13-14,17H,2-5,7-8,10H2,1H3. The summed E-state index contributed by atoms with van der Waals surface area (Å²) in [5.41, 5.74) is 0.803. The van der Waals surface area contributed by atoms with E-state index in [-0.39, 0.29) is 5.54 Å². The molecule has 0 saturated heterocycles. The summed E-state index contributed by atoms with van der Waals surface area (Å²) in [6, 6.07) is 5.24. The van der Waals surface area contributed by atoms with Crippen molar-refractivity contribution in [1.29, 1.82) is 5.26 Å². The van der Waals surface area contributed by atoms with E-state index >= 15 is 0 Å². The number of nitriles is 1. The summed E-state index contributed by atoms with van der Waals surface area (Å²) in [5.74, 6) is 0.475. The van der Waals surface area contributed by atoms with Crippen molar-refractivity contribution >= 4 is 0 Å². The maximum Gasteiger partial charge on any atom is 0.109 e. The van der Waals surface area contributed by atoms with Gasteiger partial charge in [-0.2, -0.15) is 10.4 Å². The molecule has 2 fully saturated rings. The first-order chi connectivity index (χ1) is 9.22. The minimum atomic E-state index is -0.261. The molecule has 2 unspecified atom stereocenters. The molecule has 2 aliphatic carbocycles. The quantitative estimate of drug-likeness (QED) is 0.882. The monoisotopic (exact) mass is 258 g/mol. The van der Waals surface area contributed by atoms with Crippen molar-refractivity contribution in [3.8, 4) is 6.07 Å². The lowest BCUT2D eigenvalue weighted by molar-refractivity contribution is 0.284. The van der Waals surface area contributed by atoms with Crippen molar-refractivity contribution in [3.05, 3.63) is 18.0 Å². The molecule has 1 N–H and O–H groups in total. The van der Waals surface area contributed by atoms with Crippen molar-refractivity contribution in [2.75, 3.05) is 0 Å². The van der Waals surface area contributed by atoms with Crippen molar-refractivity contribution < 1.29 is 0 Å². The number of aryl methyl sites for hydroxylation is 2. The third-order valence-electron chi connectivity index (χ3n) is 4.54. The Labute approximate surface area is 114 Å². The molecule has 4 nitrogen and oxygen atoms in total. The van der Waals surface area contributed by atoms with Gasteiger partial charge in [0.1, 0.15) is 5.54 Å². The highest BCUT2D eigenvalue weighted by molar-refractivity contribution is 5.16. The fourth-order valence-electron chi connectivity index (χ4n) is 3.31. The molecule has 0 radical (unpaired) electrons. The summed E-state index contributed by atoms with van der Waals surface area (Å²) in [4.78, 5) is 0. The molecule has 2 aliphatic rings. The van der Waals surface area contributed by atoms with E-state index in [1.807, 2.05) is 23.9 Å². The Morgan fingerprint density at radius 3 is 3.00 bits per heavy atom. The first-order valence-electron chi connectivity index (χ1n) is 7.41. The van der Waals surface area contributed by atoms with Crippen molar-refractivity contribution in [2.24, 2.45) is 5.92 Å². The molecular weight excluding hydrogens is 236 g/mol. The third-order valence-corrected chi connectivity index (χ3v) is 4.54. The van der Waals surface area contributed by atoms with Crippen LogP contribution in [0, 0.1) is 24.2 Å². The third kappa shape index (κ3) is 2.66. The van der Waals surface area contributed by atoms with Gasteiger partial charge in [-0.15, -0.1) is 0 Å². The lowest BCUT2D eigenvalue weighted by Gasteiger charge is -2.30. The molecule has 1 heterocycles. The fourth-order valence-corrected chi connectivity index (χ4v) is 3.31. The van der Waals surface area contributed by atoms with E-state index in [9.17, 15) is 5.26 Å². The second-order valence-corrected chi connectivity index (χ2v) is 6.10. The number of hydrogen-bond acceptors (Lipinski definition) is 3. The Morgan fingerprint density at radius 1 is 1.53 bits per heavy atom. The smallest absolute Gasteiger partial charge is 0.109 e. The number of hydrogen-bond donors (Lipinski definition) is 1. The van der Waals surface area contributed by atoms with Gasteiger partial charge < -0.3 is 0 Å². The molecule has 2 saturated carbocycles. The molecule has 0 aliphatic heterocycles. The van der Waals surface area contributed by atoms with Crippen LogP contribution in [0.15, 0.2) is 12.3 Å². The summed E-state index contributed by atoms with van der Waals surface area (Å²) < 4.78 is 2.01. The van der Waals surface area contributed by atoms with Crippen LogP contribution in [0.5, 0.6) is 0 Å². The molecule has 19 heavy (non-hydrogen) atoms. The molecule has 1 aromatic rings. The Kier molecular flexibility index (Phi) is 3.32. The van der Waals surface area contributed by atoms with E-state index in [2.05, 4.69) is 16.5 Å². The van der Waals surface area contributed by atoms with Crippen LogP contribution >= 0.6 is 0 Å². The first-order valence-corrected chi connectivity index (χ1v) is 7.41. The zero-order valence-electron chi connectivity index (χ0n) is 11.6. The van der Waals surface area contributed by atoms with E-state index in [4.69, 9.17) is 0 Å². The Morgan fingerprint density at radius 2 is 2.37 bits per heavy atom. The van der Waals surface area contributed by atoms with Crippen molar-refractivity contribution in [2.45, 2.75) is 63.6 Å². The minimum absolute atomic E-state index is 0.261. The van der Waals surface area contributed by atoms with Gasteiger partial charge in [0.25, 0.3) is 0 Å². The average molecular weight is 258 g/mol. The first kappa shape index (κ1) is 12.7. The van der Waals surface area contributed by atoms with E-state index in [0.717, 1.165) is 25.1 Å². The van der Waals surface area contributed by atoms with E-state index in [1.54, 1.807) is 0 Å². The molecule has 2 atom stereocenters. The van der Waals surface area contributed by atoms with Crippen LogP contribution < -0.4 is 5.32 Å². The van der Waals surface area contributed by atoms with Crippen LogP contribution in [-0.4, -0.2) is 21.4 Å². The molecule has 3 rings (SSSR count). The fraction of sp³-hybridized carbons (Fsp3) is 0.733. The number of nitrogens with zero attached hydrogens (tertiary/aromatic N) is 3. The van der Waals surface area contributed by atoms with E-state index < -0.39 is 0 Å². The average Bonchev–Trinajstić information content (AvgIpc) is 2.97. The zero-order valence-corrected chi connectivity index (χ0v) is 11.6. The van der Waals surface area contributed by atoms with E-state index in [1.165, 1.54) is 25.7 Å². The molecular formula is C15H22N4. The molecule has 0 amide bonds. The van der Waals surface area contributed by atoms with Crippen molar-refractivity contribution in [1.82, 2.24) is 15.1 Å². The largest absolute Gasteiger partial charge is 0.296 e. The summed E-state index contributed by atoms with van der Waals surface area (Å²) >= 11 is 0. The van der Waals surface area contributed by atoms with Crippen molar-refractivity contribution in [3.63, 3.8) is 0 Å². The second-order valence-electron chi connectivity index (χ2n) is 6.10. The molecule has 1 aromatic heterocycles. The van der Waals surface area contributed by atoms with Gasteiger partial charge in [-0.25, -0.2) is 0 Å². The molecule has 4 heteroatoms. The van der Waals surface area contributed by atoms with Gasteiger partial charge in [-0.05, 0) is 51.0 Å². The SMILES string of the molecule is Cc1ccn(CCC2CCCC2(C#N)NC2CC2)n1. The highest BCUT2D eigenvalue weighted by Crippen LogP contribution is 2.40. The predicted molar refractivity (Wildman–Crippen MR) is 73.4 cm³/mol. The van der Waals surface area contributed by atoms with Gasteiger partial charge in [0.2, 0.25) is 0 Å². The summed E-state index contributed by atoms with van der Waals surface area (Å²) in [7, 11) is 0. The number of aromatic nitrogens is 2. The molecule has 0 bridgehead atoms. The van der Waals surface area contributed by atoms with Crippen LogP contribution in [0.25, 0.3) is 0 Å². The molecule has 102 valence electrons. The molecule has 0 spiro atoms. The van der Waals surface area contributed by atoms with Gasteiger partial charge in [0.05, 0.1) is 11.8 Å². The number of nitrogens with one attached hydrogen (secondary N) is 1. The summed E-state index contributed by atoms with van der Waals surface area (Å²) in [5, 5.41) is 17.7. The van der Waals surface area contributed by atoms with Crippen LogP contribution in [-0.2, 0) is 6.54 Å². The predicted octanol–water partition coefficient (Wildman–Crippen LogP) is 2.40. The van der Waals surface area contributed by atoms with Gasteiger partial charge in [0, 0.05) is 18.8 Å². The van der Waals surface area contributed by atoms with Gasteiger partial charge >= 0.3 is 0 Å². The van der Waals surface area contributed by atoms with Gasteiger partial charge in [-0.3, -0.25) is 10.00 Å². The normalized spacial score (nSPS) is 30.4. The van der Waals surface area contributed by atoms with Crippen LogP contribution in [0.1, 0.15) is 44.2 Å². The zero-order chi connectivity index (χ0) is 13.3. The van der Waals surface area contributed by atoms with Gasteiger partial charge in [-0.1, -0.05) is 6.42 Å². The van der Waals surface area contributed by atoms with Crippen LogP contribution in [0.4, 0.5) is 0 Å². The lowest BCUT2D eigenvalue weighted by Crippen LogP contribution is -2.48. The van der Waals surface area contributed by atoms with E-state index in [0.29, 0.717) is 12.0 Å². The highest BCUT2D eigenvalue weighted by atomic mass is 15.3. The summed E-state index contributed by atoms with van der Waals surface area (Å²) in [6.45, 7) is 2.94. The number of rotatable bonds is 5. The summed E-state index contributed by atoms with van der Waals surface area (Å²) in [6.07, 6.45) is 8.94. The Bertz CT molecular complexity index is 483. The Balaban J connectivity index is 1.63. The maximum absolute atomic E-state index is 9.63. The Hall–Kier alpha value is -1.34. The maximum atomic E-state index is 9.63. The second kappa shape index (κ2) is 4.97. The lowest BCUT2D eigenvalue weighted by atomic mass is 9.85. The highest BCUT2D eigenvalue weighted by Gasteiger charge is 2.45.